The molecule has 1 N–H and O–H groups in total. The summed E-state index contributed by atoms with van der Waals surface area (Å²) in [5.41, 5.74) is -0.0991. The fraction of sp³-hybridized carbons (Fsp3) is 0.100. The molecule has 3 aromatic rings. The maximum absolute atomic E-state index is 12.8. The number of anilines is 1. The first-order valence-corrected chi connectivity index (χ1v) is 10.5. The number of rotatable bonds is 6. The van der Waals surface area contributed by atoms with Crippen LogP contribution in [-0.2, 0) is 4.74 Å². The number of ether oxygens (including phenoxy) is 1. The number of carbonyl (C=O) groups excluding carboxylic acids is 2. The number of nitrogens with one attached hydrogen (secondary N) is 1. The zero-order valence-corrected chi connectivity index (χ0v) is 19.0. The number of thiophene rings is 1. The van der Waals surface area contributed by atoms with Gasteiger partial charge in [0.15, 0.2) is 0 Å². The first-order chi connectivity index (χ1) is 15.1. The Bertz CT molecular complexity index is 1220. The summed E-state index contributed by atoms with van der Waals surface area (Å²) in [6.07, 6.45) is 0. The van der Waals surface area contributed by atoms with Crippen molar-refractivity contribution in [3.05, 3.63) is 83.2 Å². The molecule has 0 saturated heterocycles. The van der Waals surface area contributed by atoms with E-state index in [1.54, 1.807) is 31.2 Å². The second-order valence-corrected chi connectivity index (χ2v) is 8.58. The van der Waals surface area contributed by atoms with E-state index >= 15 is 0 Å². The van der Waals surface area contributed by atoms with Crippen LogP contribution in [0.3, 0.4) is 0 Å². The molecule has 0 aliphatic carbocycles. The summed E-state index contributed by atoms with van der Waals surface area (Å²) in [4.78, 5) is 46.7. The molecule has 1 aromatic heterocycles. The van der Waals surface area contributed by atoms with Crippen molar-refractivity contribution in [1.29, 1.82) is 0 Å². The van der Waals surface area contributed by atoms with E-state index in [2.05, 4.69) is 21.2 Å². The van der Waals surface area contributed by atoms with Gasteiger partial charge < -0.3 is 10.1 Å². The highest BCUT2D eigenvalue weighted by Crippen LogP contribution is 2.41. The van der Waals surface area contributed by atoms with Gasteiger partial charge >= 0.3 is 5.97 Å². The van der Waals surface area contributed by atoms with Crippen molar-refractivity contribution in [3.63, 3.8) is 0 Å². The third-order valence-corrected chi connectivity index (χ3v) is 5.97. The minimum atomic E-state index is -0.842. The van der Waals surface area contributed by atoms with Gasteiger partial charge in [0.2, 0.25) is 0 Å². The number of nitrogens with zero attached hydrogens (tertiary/aromatic N) is 2. The zero-order chi connectivity index (χ0) is 23.6. The summed E-state index contributed by atoms with van der Waals surface area (Å²) < 4.78 is 5.74. The van der Waals surface area contributed by atoms with Gasteiger partial charge in [-0.05, 0) is 24.6 Å². The highest BCUT2D eigenvalue weighted by Gasteiger charge is 2.27. The number of amides is 1. The van der Waals surface area contributed by atoms with E-state index in [4.69, 9.17) is 4.74 Å². The van der Waals surface area contributed by atoms with Crippen molar-refractivity contribution in [2.75, 3.05) is 12.4 Å². The summed E-state index contributed by atoms with van der Waals surface area (Å²) in [5.74, 6) is -1.53. The molecule has 2 aromatic carbocycles. The molecule has 0 aliphatic heterocycles. The van der Waals surface area contributed by atoms with Gasteiger partial charge in [-0.25, -0.2) is 4.79 Å². The number of benzene rings is 2. The van der Waals surface area contributed by atoms with Crippen molar-refractivity contribution < 1.29 is 24.2 Å². The number of nitro benzene ring substituents is 2. The lowest BCUT2D eigenvalue weighted by Gasteiger charge is -2.08. The molecule has 0 fully saturated rings. The van der Waals surface area contributed by atoms with Gasteiger partial charge in [-0.15, -0.1) is 11.3 Å². The molecule has 164 valence electrons. The molecule has 0 spiro atoms. The summed E-state index contributed by atoms with van der Waals surface area (Å²) in [6.45, 7) is 1.77. The van der Waals surface area contributed by atoms with Gasteiger partial charge in [0.25, 0.3) is 17.3 Å². The Morgan fingerprint density at radius 2 is 1.59 bits per heavy atom. The maximum atomic E-state index is 12.8. The first-order valence-electron chi connectivity index (χ1n) is 8.85. The summed E-state index contributed by atoms with van der Waals surface area (Å²) >= 11 is 4.47. The average Bonchev–Trinajstić information content (AvgIpc) is 3.08. The predicted octanol–water partition coefficient (Wildman–Crippen LogP) is 5.34. The van der Waals surface area contributed by atoms with Crippen LogP contribution in [0.2, 0.25) is 0 Å². The molecule has 0 radical (unpaired) electrons. The summed E-state index contributed by atoms with van der Waals surface area (Å²) in [5, 5.41) is 24.9. The lowest BCUT2D eigenvalue weighted by molar-refractivity contribution is -0.394. The summed E-state index contributed by atoms with van der Waals surface area (Å²) in [7, 11) is 1.20. The van der Waals surface area contributed by atoms with Crippen LogP contribution in [0.25, 0.3) is 11.1 Å². The lowest BCUT2D eigenvalue weighted by atomic mass is 10.0. The van der Waals surface area contributed by atoms with Gasteiger partial charge in [0.1, 0.15) is 10.6 Å². The van der Waals surface area contributed by atoms with E-state index < -0.39 is 33.1 Å². The second-order valence-electron chi connectivity index (χ2n) is 6.44. The Hall–Kier alpha value is -3.64. The molecule has 1 amide bonds. The Morgan fingerprint density at radius 3 is 2.09 bits per heavy atom. The number of esters is 1. The first kappa shape index (κ1) is 23.0. The van der Waals surface area contributed by atoms with Gasteiger partial charge in [-0.1, -0.05) is 28.1 Å². The molecule has 0 atom stereocenters. The van der Waals surface area contributed by atoms with Crippen LogP contribution in [-0.4, -0.2) is 28.8 Å². The molecule has 10 nitrogen and oxygen atoms in total. The topological polar surface area (TPSA) is 142 Å². The normalized spacial score (nSPS) is 10.5. The number of halogens is 1. The molecular formula is C20H14BrN3O7S. The number of aryl methyl sites for hydroxylation is 1. The molecule has 0 bridgehead atoms. The molecule has 0 aliphatic rings. The average molecular weight is 520 g/mol. The molecule has 0 saturated carbocycles. The fourth-order valence-electron chi connectivity index (χ4n) is 3.01. The van der Waals surface area contributed by atoms with Crippen LogP contribution in [0.1, 0.15) is 25.6 Å². The number of carbonyl (C=O) groups is 2. The van der Waals surface area contributed by atoms with Crippen LogP contribution in [0.15, 0.2) is 46.9 Å². The smallest absolute Gasteiger partial charge is 0.341 e. The van der Waals surface area contributed by atoms with Gasteiger partial charge in [0, 0.05) is 27.0 Å². The van der Waals surface area contributed by atoms with Crippen LogP contribution in [0, 0.1) is 27.2 Å². The SMILES string of the molecule is COC(=O)c1c(NC(=O)c2cc([N+](=O)[O-])cc([N+](=O)[O-])c2)sc(C)c1-c1ccc(Br)cc1. The Balaban J connectivity index is 2.08. The van der Waals surface area contributed by atoms with Gasteiger partial charge in [-0.2, -0.15) is 0 Å². The van der Waals surface area contributed by atoms with E-state index in [0.717, 1.165) is 34.0 Å². The van der Waals surface area contributed by atoms with Crippen LogP contribution in [0.5, 0.6) is 0 Å². The third kappa shape index (κ3) is 4.65. The Kier molecular flexibility index (Phi) is 6.65. The molecule has 0 unspecified atom stereocenters. The van der Waals surface area contributed by atoms with E-state index in [-0.39, 0.29) is 16.1 Å². The minimum absolute atomic E-state index is 0.116. The molecule has 32 heavy (non-hydrogen) atoms. The van der Waals surface area contributed by atoms with Crippen LogP contribution < -0.4 is 5.32 Å². The van der Waals surface area contributed by atoms with Gasteiger partial charge in [-0.3, -0.25) is 25.0 Å². The van der Waals surface area contributed by atoms with Crippen LogP contribution >= 0.6 is 27.3 Å². The van der Waals surface area contributed by atoms with Gasteiger partial charge in [0.05, 0.1) is 28.6 Å². The second kappa shape index (κ2) is 9.24. The zero-order valence-electron chi connectivity index (χ0n) is 16.6. The Labute approximate surface area is 193 Å². The number of hydrogen-bond donors (Lipinski definition) is 1. The van der Waals surface area contributed by atoms with Crippen LogP contribution in [0.4, 0.5) is 16.4 Å². The molecular weight excluding hydrogens is 506 g/mol. The number of methoxy groups -OCH3 is 1. The standard InChI is InChI=1S/C20H14BrN3O7S/c1-10-16(11-3-5-13(21)6-4-11)17(20(26)31-2)19(32-10)22-18(25)12-7-14(23(27)28)9-15(8-12)24(29)30/h3-9H,1-2H3,(H,22,25). The molecule has 1 heterocycles. The quantitative estimate of drug-likeness (QED) is 0.263. The largest absolute Gasteiger partial charge is 0.465 e. The number of nitro groups is 2. The van der Waals surface area contributed by atoms with Crippen molar-refractivity contribution >= 4 is 55.5 Å². The number of hydrogen-bond acceptors (Lipinski definition) is 8. The monoisotopic (exact) mass is 519 g/mol. The van der Waals surface area contributed by atoms with Crippen molar-refractivity contribution in [1.82, 2.24) is 0 Å². The fourth-order valence-corrected chi connectivity index (χ4v) is 4.33. The van der Waals surface area contributed by atoms with E-state index in [1.165, 1.54) is 7.11 Å². The summed E-state index contributed by atoms with van der Waals surface area (Å²) in [6, 6.07) is 9.80. The van der Waals surface area contributed by atoms with Crippen molar-refractivity contribution in [2.24, 2.45) is 0 Å². The van der Waals surface area contributed by atoms with E-state index in [0.29, 0.717) is 16.0 Å². The lowest BCUT2D eigenvalue weighted by Crippen LogP contribution is -2.14. The van der Waals surface area contributed by atoms with Crippen molar-refractivity contribution in [2.45, 2.75) is 6.92 Å². The molecule has 3 rings (SSSR count). The predicted molar refractivity (Wildman–Crippen MR) is 121 cm³/mol. The van der Waals surface area contributed by atoms with E-state index in [1.807, 2.05) is 0 Å². The Morgan fingerprint density at radius 1 is 1.03 bits per heavy atom. The van der Waals surface area contributed by atoms with E-state index in [9.17, 15) is 29.8 Å². The molecule has 12 heteroatoms. The third-order valence-electron chi connectivity index (χ3n) is 4.42. The minimum Gasteiger partial charge on any atom is -0.465 e. The van der Waals surface area contributed by atoms with Crippen molar-refractivity contribution in [3.8, 4) is 11.1 Å². The highest BCUT2D eigenvalue weighted by molar-refractivity contribution is 9.10. The maximum Gasteiger partial charge on any atom is 0.341 e. The number of non-ortho nitro benzene ring substituents is 2. The highest BCUT2D eigenvalue weighted by atomic mass is 79.9.